The van der Waals surface area contributed by atoms with Crippen LogP contribution in [-0.2, 0) is 10.0 Å². The lowest BCUT2D eigenvalue weighted by Crippen LogP contribution is -2.11. The van der Waals surface area contributed by atoms with Crippen molar-refractivity contribution < 1.29 is 13.5 Å². The van der Waals surface area contributed by atoms with E-state index in [2.05, 4.69) is 0 Å². The molecule has 1 N–H and O–H groups in total. The third-order valence-electron chi connectivity index (χ3n) is 4.90. The van der Waals surface area contributed by atoms with E-state index in [9.17, 15) is 13.5 Å². The molecule has 4 nitrogen and oxygen atoms in total. The van der Waals surface area contributed by atoms with Crippen LogP contribution in [0.5, 0.6) is 0 Å². The number of aryl methyl sites for hydroxylation is 1. The predicted octanol–water partition coefficient (Wildman–Crippen LogP) is 3.94. The molecule has 0 aliphatic heterocycles. The molecule has 0 spiro atoms. The quantitative estimate of drug-likeness (QED) is 0.751. The highest BCUT2D eigenvalue weighted by Gasteiger charge is 2.40. The van der Waals surface area contributed by atoms with Crippen LogP contribution in [-0.4, -0.2) is 24.1 Å². The summed E-state index contributed by atoms with van der Waals surface area (Å²) < 4.78 is 27.6. The summed E-state index contributed by atoms with van der Waals surface area (Å²) >= 11 is 6.14. The fourth-order valence-electron chi connectivity index (χ4n) is 3.35. The summed E-state index contributed by atoms with van der Waals surface area (Å²) in [5.41, 5.74) is 2.56. The number of hydrogen-bond donors (Lipinski definition) is 1. The maximum atomic E-state index is 13.1. The van der Waals surface area contributed by atoms with Crippen LogP contribution >= 0.6 is 11.6 Å². The van der Waals surface area contributed by atoms with Gasteiger partial charge < -0.3 is 5.11 Å². The highest BCUT2D eigenvalue weighted by molar-refractivity contribution is 7.90. The van der Waals surface area contributed by atoms with Crippen LogP contribution in [0.3, 0.4) is 0 Å². The Balaban J connectivity index is 1.91. The Morgan fingerprint density at radius 3 is 2.56 bits per heavy atom. The molecule has 25 heavy (non-hydrogen) atoms. The Morgan fingerprint density at radius 1 is 1.20 bits per heavy atom. The number of aliphatic hydroxyl groups is 1. The Morgan fingerprint density at radius 2 is 1.92 bits per heavy atom. The smallest absolute Gasteiger partial charge is 0.268 e. The standard InChI is InChI=1S/C19H18ClNO3S/c1-12-2-5-15(6-3-12)25(23,24)21-10-18(16-8-13(16)11-22)17-9-14(20)4-7-19(17)21/h2-7,9-10,13,16,22H,8,11H2,1H3/t13-,16-/m0/s1. The molecule has 2 aromatic carbocycles. The first-order valence-corrected chi connectivity index (χ1v) is 9.97. The molecule has 0 unspecified atom stereocenters. The number of benzene rings is 2. The number of halogens is 1. The van der Waals surface area contributed by atoms with E-state index >= 15 is 0 Å². The van der Waals surface area contributed by atoms with E-state index in [1.807, 2.05) is 6.92 Å². The second kappa shape index (κ2) is 5.87. The minimum atomic E-state index is -3.69. The van der Waals surface area contributed by atoms with Gasteiger partial charge in [0.15, 0.2) is 0 Å². The van der Waals surface area contributed by atoms with Gasteiger partial charge in [0.1, 0.15) is 0 Å². The van der Waals surface area contributed by atoms with Crippen molar-refractivity contribution in [1.82, 2.24) is 3.97 Å². The lowest BCUT2D eigenvalue weighted by atomic mass is 10.1. The zero-order valence-corrected chi connectivity index (χ0v) is 15.3. The van der Waals surface area contributed by atoms with Crippen molar-refractivity contribution in [3.8, 4) is 0 Å². The zero-order valence-electron chi connectivity index (χ0n) is 13.7. The molecule has 3 aromatic rings. The fourth-order valence-corrected chi connectivity index (χ4v) is 4.90. The van der Waals surface area contributed by atoms with Gasteiger partial charge in [-0.2, -0.15) is 0 Å². The number of aliphatic hydroxyl groups excluding tert-OH is 1. The van der Waals surface area contributed by atoms with E-state index in [0.717, 1.165) is 22.9 Å². The fraction of sp³-hybridized carbons (Fsp3) is 0.263. The van der Waals surface area contributed by atoms with Gasteiger partial charge in [0, 0.05) is 23.2 Å². The lowest BCUT2D eigenvalue weighted by molar-refractivity contribution is 0.274. The first-order valence-electron chi connectivity index (χ1n) is 8.15. The second-order valence-corrected chi connectivity index (χ2v) is 8.90. The average Bonchev–Trinajstić information content (AvgIpc) is 3.27. The van der Waals surface area contributed by atoms with Gasteiger partial charge in [-0.15, -0.1) is 0 Å². The molecular formula is C19H18ClNO3S. The van der Waals surface area contributed by atoms with Crippen molar-refractivity contribution >= 4 is 32.5 Å². The Bertz CT molecular complexity index is 1050. The van der Waals surface area contributed by atoms with Gasteiger partial charge in [0.25, 0.3) is 10.0 Å². The van der Waals surface area contributed by atoms with Crippen LogP contribution in [0, 0.1) is 12.8 Å². The summed E-state index contributed by atoms with van der Waals surface area (Å²) in [6, 6.07) is 12.1. The van der Waals surface area contributed by atoms with Crippen LogP contribution in [0.15, 0.2) is 53.6 Å². The first kappa shape index (κ1) is 16.6. The summed E-state index contributed by atoms with van der Waals surface area (Å²) in [5, 5.41) is 10.8. The first-order chi connectivity index (χ1) is 11.9. The van der Waals surface area contributed by atoms with Gasteiger partial charge >= 0.3 is 0 Å². The highest BCUT2D eigenvalue weighted by atomic mass is 35.5. The zero-order chi connectivity index (χ0) is 17.8. The van der Waals surface area contributed by atoms with Crippen LogP contribution in [0.25, 0.3) is 10.9 Å². The van der Waals surface area contributed by atoms with Gasteiger partial charge in [-0.1, -0.05) is 29.3 Å². The number of nitrogens with zero attached hydrogens (tertiary/aromatic N) is 1. The SMILES string of the molecule is Cc1ccc(S(=O)(=O)n2cc([C@H]3C[C@H]3CO)c3cc(Cl)ccc32)cc1. The monoisotopic (exact) mass is 375 g/mol. The van der Waals surface area contributed by atoms with E-state index < -0.39 is 10.0 Å². The number of rotatable bonds is 4. The van der Waals surface area contributed by atoms with Gasteiger partial charge in [-0.3, -0.25) is 0 Å². The van der Waals surface area contributed by atoms with E-state index in [4.69, 9.17) is 11.6 Å². The summed E-state index contributed by atoms with van der Waals surface area (Å²) in [5.74, 6) is 0.376. The lowest BCUT2D eigenvalue weighted by Gasteiger charge is -2.08. The summed E-state index contributed by atoms with van der Waals surface area (Å²) in [7, 11) is -3.69. The molecule has 1 saturated carbocycles. The van der Waals surface area contributed by atoms with E-state index in [-0.39, 0.29) is 23.3 Å². The van der Waals surface area contributed by atoms with Gasteiger partial charge in [-0.25, -0.2) is 12.4 Å². The van der Waals surface area contributed by atoms with Gasteiger partial charge in [0.05, 0.1) is 10.4 Å². The van der Waals surface area contributed by atoms with Crippen LogP contribution < -0.4 is 0 Å². The van der Waals surface area contributed by atoms with E-state index in [0.29, 0.717) is 10.5 Å². The van der Waals surface area contributed by atoms with Gasteiger partial charge in [0.2, 0.25) is 0 Å². The molecule has 0 amide bonds. The molecule has 0 saturated heterocycles. The molecular weight excluding hydrogens is 358 g/mol. The van der Waals surface area contributed by atoms with Crippen molar-refractivity contribution in [2.24, 2.45) is 5.92 Å². The number of aromatic nitrogens is 1. The van der Waals surface area contributed by atoms with Crippen LogP contribution in [0.4, 0.5) is 0 Å². The van der Waals surface area contributed by atoms with Crippen molar-refractivity contribution in [3.63, 3.8) is 0 Å². The Kier molecular flexibility index (Phi) is 3.90. The predicted molar refractivity (Wildman–Crippen MR) is 98.6 cm³/mol. The Hall–Kier alpha value is -1.82. The second-order valence-electron chi connectivity index (χ2n) is 6.64. The summed E-state index contributed by atoms with van der Waals surface area (Å²) in [4.78, 5) is 0.256. The molecule has 1 fully saturated rings. The van der Waals surface area contributed by atoms with Crippen molar-refractivity contribution in [3.05, 3.63) is 64.8 Å². The van der Waals surface area contributed by atoms with Crippen LogP contribution in [0.2, 0.25) is 5.02 Å². The summed E-state index contributed by atoms with van der Waals surface area (Å²) in [6.45, 7) is 2.03. The van der Waals surface area contributed by atoms with Crippen molar-refractivity contribution in [1.29, 1.82) is 0 Å². The third-order valence-corrected chi connectivity index (χ3v) is 6.82. The largest absolute Gasteiger partial charge is 0.396 e. The molecule has 1 heterocycles. The minimum Gasteiger partial charge on any atom is -0.396 e. The molecule has 1 aliphatic rings. The summed E-state index contributed by atoms with van der Waals surface area (Å²) in [6.07, 6.45) is 2.56. The average molecular weight is 376 g/mol. The molecule has 2 atom stereocenters. The number of hydrogen-bond acceptors (Lipinski definition) is 3. The van der Waals surface area contributed by atoms with Crippen LogP contribution in [0.1, 0.15) is 23.5 Å². The molecule has 4 rings (SSSR count). The molecule has 6 heteroatoms. The van der Waals surface area contributed by atoms with Crippen molar-refractivity contribution in [2.45, 2.75) is 24.2 Å². The van der Waals surface area contributed by atoms with Gasteiger partial charge in [-0.05, 0) is 61.1 Å². The normalized spacial score (nSPS) is 20.1. The molecule has 130 valence electrons. The molecule has 1 aliphatic carbocycles. The van der Waals surface area contributed by atoms with E-state index in [1.54, 1.807) is 48.7 Å². The maximum absolute atomic E-state index is 13.1. The maximum Gasteiger partial charge on any atom is 0.268 e. The molecule has 1 aromatic heterocycles. The Labute approximate surface area is 151 Å². The molecule has 0 bridgehead atoms. The molecule has 0 radical (unpaired) electrons. The topological polar surface area (TPSA) is 59.3 Å². The third kappa shape index (κ3) is 2.76. The highest BCUT2D eigenvalue weighted by Crippen LogP contribution is 2.50. The van der Waals surface area contributed by atoms with Crippen molar-refractivity contribution in [2.75, 3.05) is 6.61 Å². The number of fused-ring (bicyclic) bond motifs is 1. The minimum absolute atomic E-state index is 0.114. The van der Waals surface area contributed by atoms with E-state index in [1.165, 1.54) is 3.97 Å².